The standard InChI is InChI=1S/C26H28N6O2Si/c1-35(2,3)12-11-34-18-30-16-20-8-6-10-23(25(20)29-30)31-17-21(13-27)32(26(31)33)24-15-28-14-19-7-4-5-9-22(19)24/h4-10,14-16,21H,11-12,17-18H2,1-3H3/t21-/m0/s1. The van der Waals surface area contributed by atoms with Gasteiger partial charge in [0.25, 0.3) is 0 Å². The van der Waals surface area contributed by atoms with Crippen LogP contribution in [0.25, 0.3) is 21.7 Å². The highest BCUT2D eigenvalue weighted by Gasteiger charge is 2.41. The Hall–Kier alpha value is -3.74. The summed E-state index contributed by atoms with van der Waals surface area (Å²) in [5.74, 6) is 0. The molecule has 2 aromatic carbocycles. The molecule has 0 aliphatic carbocycles. The van der Waals surface area contributed by atoms with Crippen LogP contribution in [0.1, 0.15) is 0 Å². The van der Waals surface area contributed by atoms with E-state index in [1.165, 1.54) is 0 Å². The lowest BCUT2D eigenvalue weighted by Crippen LogP contribution is -2.34. The van der Waals surface area contributed by atoms with Crippen molar-refractivity contribution >= 4 is 47.2 Å². The van der Waals surface area contributed by atoms with Crippen LogP contribution in [0.3, 0.4) is 0 Å². The fourth-order valence-electron chi connectivity index (χ4n) is 4.36. The zero-order valence-electron chi connectivity index (χ0n) is 20.2. The van der Waals surface area contributed by atoms with E-state index >= 15 is 0 Å². The van der Waals surface area contributed by atoms with Gasteiger partial charge in [-0.05, 0) is 12.1 Å². The number of hydrogen-bond donors (Lipinski definition) is 0. The molecule has 0 unspecified atom stereocenters. The van der Waals surface area contributed by atoms with E-state index in [9.17, 15) is 10.1 Å². The number of nitrogens with zero attached hydrogens (tertiary/aromatic N) is 6. The summed E-state index contributed by atoms with van der Waals surface area (Å²) >= 11 is 0. The van der Waals surface area contributed by atoms with Gasteiger partial charge >= 0.3 is 6.03 Å². The molecular formula is C26H28N6O2Si. The van der Waals surface area contributed by atoms with E-state index in [-0.39, 0.29) is 12.6 Å². The third-order valence-corrected chi connectivity index (χ3v) is 7.94. The first-order valence-electron chi connectivity index (χ1n) is 11.7. The van der Waals surface area contributed by atoms with Crippen LogP contribution in [0.2, 0.25) is 25.7 Å². The Morgan fingerprint density at radius 3 is 2.69 bits per heavy atom. The van der Waals surface area contributed by atoms with E-state index < -0.39 is 14.1 Å². The predicted octanol–water partition coefficient (Wildman–Crippen LogP) is 5.24. The molecule has 1 aliphatic rings. The van der Waals surface area contributed by atoms with Crippen molar-refractivity contribution in [3.05, 3.63) is 61.1 Å². The lowest BCUT2D eigenvalue weighted by Gasteiger charge is -2.21. The van der Waals surface area contributed by atoms with Gasteiger partial charge in [0.2, 0.25) is 0 Å². The first kappa shape index (κ1) is 23.0. The highest BCUT2D eigenvalue weighted by molar-refractivity contribution is 6.76. The summed E-state index contributed by atoms with van der Waals surface area (Å²) in [6, 6.07) is 16.0. The summed E-state index contributed by atoms with van der Waals surface area (Å²) in [4.78, 5) is 21.2. The molecule has 1 aliphatic heterocycles. The third-order valence-electron chi connectivity index (χ3n) is 6.23. The fraction of sp³-hybridized carbons (Fsp3) is 0.308. The second-order valence-electron chi connectivity index (χ2n) is 10.0. The zero-order valence-corrected chi connectivity index (χ0v) is 21.2. The topological polar surface area (TPSA) is 87.3 Å². The molecule has 0 bridgehead atoms. The zero-order chi connectivity index (χ0) is 24.6. The predicted molar refractivity (Wildman–Crippen MR) is 140 cm³/mol. The summed E-state index contributed by atoms with van der Waals surface area (Å²) < 4.78 is 7.63. The highest BCUT2D eigenvalue weighted by atomic mass is 28.3. The number of carbonyl (C=O) groups excluding carboxylic acids is 1. The third kappa shape index (κ3) is 4.50. The molecule has 0 saturated carbocycles. The SMILES string of the molecule is C[Si](C)(C)CCOCn1cc2cccc(N3C[C@H](C#N)N(c4cncc5ccccc45)C3=O)c2n1. The molecule has 1 saturated heterocycles. The minimum Gasteiger partial charge on any atom is -0.360 e. The van der Waals surface area contributed by atoms with Crippen LogP contribution in [0, 0.1) is 11.3 Å². The van der Waals surface area contributed by atoms with Crippen LogP contribution in [0.4, 0.5) is 16.2 Å². The van der Waals surface area contributed by atoms with Crippen LogP contribution < -0.4 is 9.80 Å². The lowest BCUT2D eigenvalue weighted by atomic mass is 10.1. The molecule has 1 fully saturated rings. The number of aromatic nitrogens is 3. The molecule has 0 N–H and O–H groups in total. The first-order chi connectivity index (χ1) is 16.9. The fourth-order valence-corrected chi connectivity index (χ4v) is 5.12. The van der Waals surface area contributed by atoms with Crippen molar-refractivity contribution in [3.63, 3.8) is 0 Å². The van der Waals surface area contributed by atoms with Crippen LogP contribution in [0.15, 0.2) is 61.1 Å². The number of fused-ring (bicyclic) bond motifs is 2. The van der Waals surface area contributed by atoms with E-state index in [2.05, 4.69) is 30.7 Å². The number of amides is 2. The normalized spacial score (nSPS) is 16.4. The van der Waals surface area contributed by atoms with E-state index in [0.717, 1.165) is 22.2 Å². The van der Waals surface area contributed by atoms with Crippen molar-refractivity contribution in [1.82, 2.24) is 14.8 Å². The summed E-state index contributed by atoms with van der Waals surface area (Å²) in [7, 11) is -1.16. The average Bonchev–Trinajstić information content (AvgIpc) is 3.41. The van der Waals surface area contributed by atoms with Gasteiger partial charge in [0.15, 0.2) is 0 Å². The molecule has 0 radical (unpaired) electrons. The maximum Gasteiger partial charge on any atom is 0.330 e. The van der Waals surface area contributed by atoms with E-state index in [0.29, 0.717) is 30.2 Å². The number of anilines is 2. The van der Waals surface area contributed by atoms with Crippen LogP contribution in [-0.4, -0.2) is 48.1 Å². The van der Waals surface area contributed by atoms with Gasteiger partial charge in [-0.15, -0.1) is 0 Å². The van der Waals surface area contributed by atoms with Gasteiger partial charge in [0, 0.05) is 43.2 Å². The molecular weight excluding hydrogens is 456 g/mol. The molecule has 3 heterocycles. The van der Waals surface area contributed by atoms with E-state index in [4.69, 9.17) is 9.84 Å². The van der Waals surface area contributed by atoms with Crippen molar-refractivity contribution in [2.75, 3.05) is 23.0 Å². The highest BCUT2D eigenvalue weighted by Crippen LogP contribution is 2.35. The number of hydrogen-bond acceptors (Lipinski definition) is 5. The minimum absolute atomic E-state index is 0.247. The van der Waals surface area contributed by atoms with Crippen molar-refractivity contribution in [2.45, 2.75) is 38.5 Å². The summed E-state index contributed by atoms with van der Waals surface area (Å²) in [5, 5.41) is 17.4. The maximum absolute atomic E-state index is 13.7. The van der Waals surface area contributed by atoms with Crippen LogP contribution in [0.5, 0.6) is 0 Å². The van der Waals surface area contributed by atoms with Crippen molar-refractivity contribution < 1.29 is 9.53 Å². The lowest BCUT2D eigenvalue weighted by molar-refractivity contribution is 0.0791. The second-order valence-corrected chi connectivity index (χ2v) is 15.6. The summed E-state index contributed by atoms with van der Waals surface area (Å²) in [6.45, 7) is 8.29. The second kappa shape index (κ2) is 9.13. The monoisotopic (exact) mass is 484 g/mol. The molecule has 5 rings (SSSR count). The number of rotatable bonds is 7. The number of nitriles is 1. The van der Waals surface area contributed by atoms with Gasteiger partial charge < -0.3 is 4.74 Å². The molecule has 2 amide bonds. The number of benzene rings is 2. The summed E-state index contributed by atoms with van der Waals surface area (Å²) in [5.41, 5.74) is 2.03. The smallest absolute Gasteiger partial charge is 0.330 e. The minimum atomic E-state index is -1.16. The molecule has 35 heavy (non-hydrogen) atoms. The van der Waals surface area contributed by atoms with E-state index in [1.54, 1.807) is 26.9 Å². The molecule has 2 aromatic heterocycles. The first-order valence-corrected chi connectivity index (χ1v) is 15.4. The van der Waals surface area contributed by atoms with Gasteiger partial charge in [-0.25, -0.2) is 9.48 Å². The number of carbonyl (C=O) groups is 1. The van der Waals surface area contributed by atoms with Gasteiger partial charge in [0.1, 0.15) is 18.3 Å². The Kier molecular flexibility index (Phi) is 6.01. The van der Waals surface area contributed by atoms with Crippen LogP contribution in [-0.2, 0) is 11.5 Å². The quantitative estimate of drug-likeness (QED) is 0.265. The van der Waals surface area contributed by atoms with Crippen molar-refractivity contribution in [3.8, 4) is 6.07 Å². The number of ether oxygens (including phenoxy) is 1. The number of pyridine rings is 1. The van der Waals surface area contributed by atoms with Crippen LogP contribution >= 0.6 is 0 Å². The van der Waals surface area contributed by atoms with Gasteiger partial charge in [-0.3, -0.25) is 14.8 Å². The largest absolute Gasteiger partial charge is 0.360 e. The molecule has 1 atom stereocenters. The molecule has 178 valence electrons. The maximum atomic E-state index is 13.7. The van der Waals surface area contributed by atoms with Gasteiger partial charge in [0.05, 0.1) is 30.2 Å². The molecule has 0 spiro atoms. The van der Waals surface area contributed by atoms with Gasteiger partial charge in [-0.2, -0.15) is 10.4 Å². The average molecular weight is 485 g/mol. The van der Waals surface area contributed by atoms with E-state index in [1.807, 2.05) is 48.7 Å². The molecule has 8 nitrogen and oxygen atoms in total. The molecule has 4 aromatic rings. The van der Waals surface area contributed by atoms with Gasteiger partial charge in [-0.1, -0.05) is 56.0 Å². The Balaban J connectivity index is 1.44. The Morgan fingerprint density at radius 1 is 1.09 bits per heavy atom. The van der Waals surface area contributed by atoms with Crippen molar-refractivity contribution in [2.24, 2.45) is 0 Å². The summed E-state index contributed by atoms with van der Waals surface area (Å²) in [6.07, 6.45) is 5.35. The van der Waals surface area contributed by atoms with Crippen molar-refractivity contribution in [1.29, 1.82) is 5.26 Å². The Morgan fingerprint density at radius 2 is 1.89 bits per heavy atom. The Labute approximate surface area is 205 Å². The number of urea groups is 1. The molecule has 9 heteroatoms. The Bertz CT molecular complexity index is 1430.